The lowest BCUT2D eigenvalue weighted by atomic mass is 10.1. The maximum atomic E-state index is 5.77. The van der Waals surface area contributed by atoms with Crippen LogP contribution in [0.2, 0.25) is 0 Å². The lowest BCUT2D eigenvalue weighted by Crippen LogP contribution is -2.18. The van der Waals surface area contributed by atoms with Gasteiger partial charge in [-0.15, -0.1) is 0 Å². The molecule has 106 valence electrons. The molecule has 3 nitrogen and oxygen atoms in total. The Kier molecular flexibility index (Phi) is 6.05. The minimum absolute atomic E-state index is 0.0949. The molecule has 0 spiro atoms. The number of hydrogen-bond acceptors (Lipinski definition) is 3. The normalized spacial score (nSPS) is 12.1. The summed E-state index contributed by atoms with van der Waals surface area (Å²) in [6, 6.07) is 17.7. The molecular formula is C16H18BrNO2. The molecule has 0 aromatic heterocycles. The first-order chi connectivity index (χ1) is 9.79. The van der Waals surface area contributed by atoms with Crippen LogP contribution in [0.4, 0.5) is 0 Å². The number of hydrogen-bond donors (Lipinski definition) is 1. The second kappa shape index (κ2) is 8.04. The fraction of sp³-hybridized carbons (Fsp3) is 0.250. The van der Waals surface area contributed by atoms with E-state index < -0.39 is 0 Å². The molecule has 1 atom stereocenters. The zero-order valence-corrected chi connectivity index (χ0v) is 12.8. The average Bonchev–Trinajstić information content (AvgIpc) is 2.50. The van der Waals surface area contributed by atoms with Crippen LogP contribution in [0.5, 0.6) is 5.75 Å². The Bertz CT molecular complexity index is 502. The molecule has 2 aromatic carbocycles. The molecule has 0 saturated heterocycles. The van der Waals surface area contributed by atoms with Crippen LogP contribution in [0.1, 0.15) is 11.7 Å². The van der Waals surface area contributed by atoms with Crippen molar-refractivity contribution in [1.82, 2.24) is 0 Å². The van der Waals surface area contributed by atoms with Crippen LogP contribution < -0.4 is 10.5 Å². The Labute approximate surface area is 127 Å². The summed E-state index contributed by atoms with van der Waals surface area (Å²) in [5, 5.41) is 0. The summed E-state index contributed by atoms with van der Waals surface area (Å²) in [6.45, 7) is 1.47. The quantitative estimate of drug-likeness (QED) is 0.787. The summed E-state index contributed by atoms with van der Waals surface area (Å²) in [4.78, 5) is 0. The number of ether oxygens (including phenoxy) is 2. The highest BCUT2D eigenvalue weighted by atomic mass is 79.9. The molecule has 0 saturated carbocycles. The van der Waals surface area contributed by atoms with Gasteiger partial charge >= 0.3 is 0 Å². The van der Waals surface area contributed by atoms with E-state index in [0.717, 1.165) is 15.8 Å². The third-order valence-corrected chi connectivity index (χ3v) is 3.40. The molecule has 0 aliphatic heterocycles. The summed E-state index contributed by atoms with van der Waals surface area (Å²) < 4.78 is 12.4. The van der Waals surface area contributed by atoms with Crippen molar-refractivity contribution in [3.8, 4) is 5.75 Å². The predicted octanol–water partition coefficient (Wildman–Crippen LogP) is 3.54. The molecule has 0 bridgehead atoms. The second-order valence-corrected chi connectivity index (χ2v) is 5.22. The minimum Gasteiger partial charge on any atom is -0.491 e. The smallest absolute Gasteiger partial charge is 0.119 e. The fourth-order valence-electron chi connectivity index (χ4n) is 1.84. The summed E-state index contributed by atoms with van der Waals surface area (Å²) in [5.74, 6) is 0.851. The maximum Gasteiger partial charge on any atom is 0.119 e. The Morgan fingerprint density at radius 2 is 1.65 bits per heavy atom. The van der Waals surface area contributed by atoms with E-state index in [1.165, 1.54) is 0 Å². The van der Waals surface area contributed by atoms with Crippen molar-refractivity contribution < 1.29 is 9.47 Å². The highest BCUT2D eigenvalue weighted by Crippen LogP contribution is 2.19. The number of nitrogens with two attached hydrogens (primary N) is 1. The maximum absolute atomic E-state index is 5.77. The van der Waals surface area contributed by atoms with Crippen molar-refractivity contribution in [2.24, 2.45) is 5.73 Å². The highest BCUT2D eigenvalue weighted by molar-refractivity contribution is 9.10. The van der Waals surface area contributed by atoms with Gasteiger partial charge in [-0.2, -0.15) is 0 Å². The van der Waals surface area contributed by atoms with Gasteiger partial charge < -0.3 is 15.2 Å². The van der Waals surface area contributed by atoms with Crippen molar-refractivity contribution in [2.75, 3.05) is 19.8 Å². The molecular weight excluding hydrogens is 318 g/mol. The SMILES string of the molecule is NCC(OCCOc1ccccc1)c1ccc(Br)cc1. The van der Waals surface area contributed by atoms with Crippen molar-refractivity contribution in [1.29, 1.82) is 0 Å². The molecule has 0 amide bonds. The fourth-order valence-corrected chi connectivity index (χ4v) is 2.11. The van der Waals surface area contributed by atoms with Gasteiger partial charge in [0.05, 0.1) is 12.7 Å². The van der Waals surface area contributed by atoms with E-state index in [4.69, 9.17) is 15.2 Å². The molecule has 2 N–H and O–H groups in total. The van der Waals surface area contributed by atoms with E-state index in [-0.39, 0.29) is 6.10 Å². The van der Waals surface area contributed by atoms with Crippen LogP contribution in [-0.2, 0) is 4.74 Å². The van der Waals surface area contributed by atoms with Crippen molar-refractivity contribution in [3.05, 3.63) is 64.6 Å². The van der Waals surface area contributed by atoms with Gasteiger partial charge in [0.2, 0.25) is 0 Å². The number of halogens is 1. The molecule has 0 radical (unpaired) electrons. The van der Waals surface area contributed by atoms with Crippen LogP contribution in [-0.4, -0.2) is 19.8 Å². The van der Waals surface area contributed by atoms with Crippen molar-refractivity contribution >= 4 is 15.9 Å². The van der Waals surface area contributed by atoms with Gasteiger partial charge in [0.1, 0.15) is 12.4 Å². The van der Waals surface area contributed by atoms with Crippen molar-refractivity contribution in [3.63, 3.8) is 0 Å². The summed E-state index contributed by atoms with van der Waals surface area (Å²) in [7, 11) is 0. The summed E-state index contributed by atoms with van der Waals surface area (Å²) in [5.41, 5.74) is 6.84. The average molecular weight is 336 g/mol. The molecule has 2 rings (SSSR count). The van der Waals surface area contributed by atoms with Crippen molar-refractivity contribution in [2.45, 2.75) is 6.10 Å². The van der Waals surface area contributed by atoms with Gasteiger partial charge in [-0.3, -0.25) is 0 Å². The lowest BCUT2D eigenvalue weighted by Gasteiger charge is -2.16. The van der Waals surface area contributed by atoms with Crippen LogP contribution in [0.15, 0.2) is 59.1 Å². The van der Waals surface area contributed by atoms with Gasteiger partial charge in [-0.25, -0.2) is 0 Å². The Balaban J connectivity index is 1.78. The number of para-hydroxylation sites is 1. The molecule has 0 aliphatic carbocycles. The first-order valence-electron chi connectivity index (χ1n) is 6.54. The van der Waals surface area contributed by atoms with Gasteiger partial charge in [-0.05, 0) is 29.8 Å². The first-order valence-corrected chi connectivity index (χ1v) is 7.34. The van der Waals surface area contributed by atoms with E-state index in [0.29, 0.717) is 19.8 Å². The van der Waals surface area contributed by atoms with E-state index in [2.05, 4.69) is 15.9 Å². The Morgan fingerprint density at radius 3 is 2.30 bits per heavy atom. The highest BCUT2D eigenvalue weighted by Gasteiger charge is 2.09. The number of rotatable bonds is 7. The van der Waals surface area contributed by atoms with Gasteiger partial charge in [0, 0.05) is 11.0 Å². The predicted molar refractivity (Wildman–Crippen MR) is 83.8 cm³/mol. The monoisotopic (exact) mass is 335 g/mol. The van der Waals surface area contributed by atoms with E-state index in [1.807, 2.05) is 54.6 Å². The summed E-state index contributed by atoms with van der Waals surface area (Å²) in [6.07, 6.45) is -0.0949. The topological polar surface area (TPSA) is 44.5 Å². The minimum atomic E-state index is -0.0949. The largest absolute Gasteiger partial charge is 0.491 e. The van der Waals surface area contributed by atoms with E-state index in [1.54, 1.807) is 0 Å². The zero-order valence-electron chi connectivity index (χ0n) is 11.2. The Hall–Kier alpha value is -1.36. The van der Waals surface area contributed by atoms with Gasteiger partial charge in [0.15, 0.2) is 0 Å². The molecule has 20 heavy (non-hydrogen) atoms. The lowest BCUT2D eigenvalue weighted by molar-refractivity contribution is 0.0380. The van der Waals surface area contributed by atoms with Gasteiger partial charge in [0.25, 0.3) is 0 Å². The molecule has 0 aliphatic rings. The molecule has 4 heteroatoms. The molecule has 2 aromatic rings. The van der Waals surface area contributed by atoms with Crippen LogP contribution >= 0.6 is 15.9 Å². The van der Waals surface area contributed by atoms with E-state index >= 15 is 0 Å². The Morgan fingerprint density at radius 1 is 0.950 bits per heavy atom. The third-order valence-electron chi connectivity index (χ3n) is 2.87. The first kappa shape index (κ1) is 15.0. The molecule has 0 heterocycles. The van der Waals surface area contributed by atoms with Crippen LogP contribution in [0, 0.1) is 0 Å². The summed E-state index contributed by atoms with van der Waals surface area (Å²) >= 11 is 3.41. The molecule has 1 unspecified atom stereocenters. The van der Waals surface area contributed by atoms with Crippen LogP contribution in [0.25, 0.3) is 0 Å². The molecule has 0 fully saturated rings. The van der Waals surface area contributed by atoms with E-state index in [9.17, 15) is 0 Å². The standard InChI is InChI=1S/C16H18BrNO2/c17-14-8-6-13(7-9-14)16(12-18)20-11-10-19-15-4-2-1-3-5-15/h1-9,16H,10-12,18H2. The third kappa shape index (κ3) is 4.63. The second-order valence-electron chi connectivity index (χ2n) is 4.31. The van der Waals surface area contributed by atoms with Crippen LogP contribution in [0.3, 0.4) is 0 Å². The zero-order chi connectivity index (χ0) is 14.2. The number of benzene rings is 2. The van der Waals surface area contributed by atoms with Gasteiger partial charge in [-0.1, -0.05) is 46.3 Å².